The fraction of sp³-hybridized carbons (Fsp3) is 0.100. The van der Waals surface area contributed by atoms with Gasteiger partial charge in [0.25, 0.3) is 11.5 Å². The Morgan fingerprint density at radius 1 is 1.05 bits per heavy atom. The van der Waals surface area contributed by atoms with E-state index in [2.05, 4.69) is 11.4 Å². The number of hydrogen-bond donors (Lipinski definition) is 2. The van der Waals surface area contributed by atoms with Crippen molar-refractivity contribution in [3.63, 3.8) is 0 Å². The zero-order valence-corrected chi connectivity index (χ0v) is 22.0. The van der Waals surface area contributed by atoms with Gasteiger partial charge in [0.05, 0.1) is 47.6 Å². The molecule has 0 bridgehead atoms. The molecular formula is C30H24N4O4S. The summed E-state index contributed by atoms with van der Waals surface area (Å²) in [4.78, 5) is 27.6. The number of carbonyl (C=O) groups excluding carboxylic acids is 1. The fourth-order valence-electron chi connectivity index (χ4n) is 4.54. The summed E-state index contributed by atoms with van der Waals surface area (Å²) >= 11 is 1.16. The SMILES string of the molecule is COc1ccc(NC(=O)C2=c3s/c(=C\c4ccccc4)c(=O)n3C(N)=C(C#N)C2c2ccccc2)c(OC)c1. The molecule has 0 radical (unpaired) electrons. The van der Waals surface area contributed by atoms with Crippen molar-refractivity contribution in [3.8, 4) is 17.6 Å². The molecule has 194 valence electrons. The van der Waals surface area contributed by atoms with Gasteiger partial charge in [-0.2, -0.15) is 5.26 Å². The molecule has 1 aromatic heterocycles. The average Bonchev–Trinajstić information content (AvgIpc) is 3.29. The van der Waals surface area contributed by atoms with Gasteiger partial charge >= 0.3 is 0 Å². The van der Waals surface area contributed by atoms with Crippen LogP contribution in [0.2, 0.25) is 0 Å². The van der Waals surface area contributed by atoms with E-state index < -0.39 is 17.4 Å². The number of carbonyl (C=O) groups is 1. The van der Waals surface area contributed by atoms with Crippen LogP contribution in [0.15, 0.2) is 89.2 Å². The summed E-state index contributed by atoms with van der Waals surface area (Å²) in [6.45, 7) is 0. The zero-order valence-electron chi connectivity index (χ0n) is 21.2. The number of hydrogen-bond acceptors (Lipinski definition) is 7. The lowest BCUT2D eigenvalue weighted by atomic mass is 9.83. The van der Waals surface area contributed by atoms with E-state index in [0.717, 1.165) is 16.9 Å². The summed E-state index contributed by atoms with van der Waals surface area (Å²) in [5.41, 5.74) is 8.35. The standard InChI is InChI=1S/C30H24N4O4S/c1-37-20-13-14-22(23(16-20)38-2)33-28(35)26-25(19-11-7-4-8-12-19)21(17-31)27(32)34-29(36)24(39-30(26)34)15-18-9-5-3-6-10-18/h3-16,25H,32H2,1-2H3,(H,33,35)/b24-15-. The van der Waals surface area contributed by atoms with E-state index in [4.69, 9.17) is 15.2 Å². The minimum Gasteiger partial charge on any atom is -0.497 e. The van der Waals surface area contributed by atoms with Gasteiger partial charge in [0.1, 0.15) is 22.0 Å². The number of thiazole rings is 1. The Balaban J connectivity index is 1.78. The van der Waals surface area contributed by atoms with Gasteiger partial charge in [-0.25, -0.2) is 0 Å². The topological polar surface area (TPSA) is 119 Å². The quantitative estimate of drug-likeness (QED) is 0.391. The third kappa shape index (κ3) is 4.69. The molecule has 1 amide bonds. The van der Waals surface area contributed by atoms with Crippen LogP contribution in [0.25, 0.3) is 17.5 Å². The van der Waals surface area contributed by atoms with Crippen LogP contribution < -0.4 is 35.3 Å². The van der Waals surface area contributed by atoms with Gasteiger partial charge in [0.2, 0.25) is 0 Å². The highest BCUT2D eigenvalue weighted by molar-refractivity contribution is 7.07. The lowest BCUT2D eigenvalue weighted by Gasteiger charge is -2.25. The molecule has 1 atom stereocenters. The summed E-state index contributed by atoms with van der Waals surface area (Å²) in [7, 11) is 3.03. The van der Waals surface area contributed by atoms with E-state index in [9.17, 15) is 14.9 Å². The molecule has 8 nitrogen and oxygen atoms in total. The molecule has 4 aromatic rings. The Morgan fingerprint density at radius 2 is 1.74 bits per heavy atom. The normalized spacial score (nSPS) is 14.9. The number of nitrogens with zero attached hydrogens (tertiary/aromatic N) is 2. The summed E-state index contributed by atoms with van der Waals surface area (Å²) in [5.74, 6) is -0.314. The van der Waals surface area contributed by atoms with E-state index in [0.29, 0.717) is 31.9 Å². The minimum absolute atomic E-state index is 0.00823. The van der Waals surface area contributed by atoms with Crippen molar-refractivity contribution >= 4 is 40.4 Å². The Kier molecular flexibility index (Phi) is 7.04. The first-order chi connectivity index (χ1) is 19.0. The molecule has 5 rings (SSSR count). The Morgan fingerprint density at radius 3 is 2.38 bits per heavy atom. The lowest BCUT2D eigenvalue weighted by molar-refractivity contribution is -0.111. The predicted molar refractivity (Wildman–Crippen MR) is 152 cm³/mol. The van der Waals surface area contributed by atoms with E-state index >= 15 is 0 Å². The van der Waals surface area contributed by atoms with Gasteiger partial charge in [-0.05, 0) is 29.3 Å². The van der Waals surface area contributed by atoms with Crippen LogP contribution in [0, 0.1) is 11.3 Å². The van der Waals surface area contributed by atoms with Crippen molar-refractivity contribution < 1.29 is 14.3 Å². The van der Waals surface area contributed by atoms with Crippen molar-refractivity contribution in [1.82, 2.24) is 4.57 Å². The van der Waals surface area contributed by atoms with Crippen LogP contribution in [0.1, 0.15) is 17.0 Å². The van der Waals surface area contributed by atoms with E-state index in [1.807, 2.05) is 60.7 Å². The van der Waals surface area contributed by atoms with E-state index in [1.165, 1.54) is 18.8 Å². The van der Waals surface area contributed by atoms with Gasteiger partial charge in [-0.1, -0.05) is 60.7 Å². The van der Waals surface area contributed by atoms with Crippen molar-refractivity contribution in [2.75, 3.05) is 19.5 Å². The maximum atomic E-state index is 14.1. The summed E-state index contributed by atoms with van der Waals surface area (Å²) < 4.78 is 12.7. The molecule has 2 heterocycles. The molecule has 9 heteroatoms. The first-order valence-electron chi connectivity index (χ1n) is 12.0. The molecule has 39 heavy (non-hydrogen) atoms. The number of fused-ring (bicyclic) bond motifs is 1. The molecule has 0 saturated carbocycles. The van der Waals surface area contributed by atoms with Crippen molar-refractivity contribution in [3.05, 3.63) is 115 Å². The highest BCUT2D eigenvalue weighted by atomic mass is 32.1. The Labute approximate surface area is 228 Å². The van der Waals surface area contributed by atoms with Crippen molar-refractivity contribution in [2.24, 2.45) is 5.73 Å². The van der Waals surface area contributed by atoms with Gasteiger partial charge < -0.3 is 20.5 Å². The maximum Gasteiger partial charge on any atom is 0.274 e. The monoisotopic (exact) mass is 536 g/mol. The summed E-state index contributed by atoms with van der Waals surface area (Å²) in [5, 5.41) is 13.1. The van der Waals surface area contributed by atoms with Crippen LogP contribution >= 0.6 is 11.3 Å². The molecule has 3 N–H and O–H groups in total. The fourth-order valence-corrected chi connectivity index (χ4v) is 5.71. The average molecular weight is 537 g/mol. The number of amides is 1. The third-order valence-electron chi connectivity index (χ3n) is 6.40. The van der Waals surface area contributed by atoms with Crippen LogP contribution in [0.3, 0.4) is 0 Å². The molecule has 3 aromatic carbocycles. The summed E-state index contributed by atoms with van der Waals surface area (Å²) in [6, 6.07) is 25.7. The van der Waals surface area contributed by atoms with Gasteiger partial charge in [-0.3, -0.25) is 14.2 Å². The number of nitrogens with two attached hydrogens (primary N) is 1. The number of nitriles is 1. The molecule has 1 aliphatic rings. The second-order valence-electron chi connectivity index (χ2n) is 8.66. The number of benzene rings is 3. The van der Waals surface area contributed by atoms with Crippen molar-refractivity contribution in [2.45, 2.75) is 5.92 Å². The van der Waals surface area contributed by atoms with Crippen LogP contribution in [-0.4, -0.2) is 24.7 Å². The smallest absolute Gasteiger partial charge is 0.274 e. The molecule has 0 fully saturated rings. The Hall–Kier alpha value is -5.07. The van der Waals surface area contributed by atoms with E-state index in [1.54, 1.807) is 24.3 Å². The highest BCUT2D eigenvalue weighted by Gasteiger charge is 2.35. The van der Waals surface area contributed by atoms with Gasteiger partial charge in [0, 0.05) is 6.07 Å². The largest absolute Gasteiger partial charge is 0.497 e. The highest BCUT2D eigenvalue weighted by Crippen LogP contribution is 2.37. The lowest BCUT2D eigenvalue weighted by Crippen LogP contribution is -2.40. The first kappa shape index (κ1) is 25.6. The molecule has 0 spiro atoms. The molecular weight excluding hydrogens is 512 g/mol. The predicted octanol–water partition coefficient (Wildman–Crippen LogP) is 2.99. The number of anilines is 1. The van der Waals surface area contributed by atoms with Gasteiger partial charge in [-0.15, -0.1) is 11.3 Å². The van der Waals surface area contributed by atoms with Crippen LogP contribution in [0.5, 0.6) is 11.5 Å². The van der Waals surface area contributed by atoms with Crippen LogP contribution in [-0.2, 0) is 4.79 Å². The van der Waals surface area contributed by atoms with Gasteiger partial charge in [0.15, 0.2) is 0 Å². The molecule has 1 aliphatic heterocycles. The minimum atomic E-state index is -0.789. The Bertz CT molecular complexity index is 1820. The second kappa shape index (κ2) is 10.7. The molecule has 1 unspecified atom stereocenters. The number of aromatic nitrogens is 1. The maximum absolute atomic E-state index is 14.1. The number of ether oxygens (including phenoxy) is 2. The molecule has 0 saturated heterocycles. The second-order valence-corrected chi connectivity index (χ2v) is 9.69. The van der Waals surface area contributed by atoms with Crippen molar-refractivity contribution in [1.29, 1.82) is 5.26 Å². The number of allylic oxidation sites excluding steroid dienone is 1. The van der Waals surface area contributed by atoms with Crippen LogP contribution in [0.4, 0.5) is 5.69 Å². The number of methoxy groups -OCH3 is 2. The zero-order chi connectivity index (χ0) is 27.5. The summed E-state index contributed by atoms with van der Waals surface area (Å²) in [6.07, 6.45) is 1.75. The van der Waals surface area contributed by atoms with E-state index in [-0.39, 0.29) is 17.0 Å². The molecule has 0 aliphatic carbocycles. The number of rotatable bonds is 6. The first-order valence-corrected chi connectivity index (χ1v) is 12.8. The number of nitrogens with one attached hydrogen (secondary N) is 1. The third-order valence-corrected chi connectivity index (χ3v) is 7.51.